The average Bonchev–Trinajstić information content (AvgIpc) is 2.97. The molecular formula is C23H20ClNO4. The Hall–Kier alpha value is -2.92. The predicted octanol–water partition coefficient (Wildman–Crippen LogP) is 4.45. The number of amides is 2. The van der Waals surface area contributed by atoms with Gasteiger partial charge in [0.05, 0.1) is 17.5 Å². The van der Waals surface area contributed by atoms with Crippen LogP contribution in [0.1, 0.15) is 30.1 Å². The van der Waals surface area contributed by atoms with E-state index >= 15 is 0 Å². The Morgan fingerprint density at radius 2 is 1.69 bits per heavy atom. The maximum atomic E-state index is 12.8. The molecule has 0 radical (unpaired) electrons. The van der Waals surface area contributed by atoms with Crippen LogP contribution in [0.15, 0.2) is 60.2 Å². The monoisotopic (exact) mass is 409 g/mol. The molecule has 0 bridgehead atoms. The number of hydrogen-bond acceptors (Lipinski definition) is 4. The van der Waals surface area contributed by atoms with Gasteiger partial charge in [-0.05, 0) is 68.3 Å². The smallest absolute Gasteiger partial charge is 0.238 e. The maximum Gasteiger partial charge on any atom is 0.238 e. The predicted molar refractivity (Wildman–Crippen MR) is 110 cm³/mol. The van der Waals surface area contributed by atoms with Gasteiger partial charge in [0.15, 0.2) is 12.4 Å². The van der Waals surface area contributed by atoms with E-state index in [2.05, 4.69) is 0 Å². The lowest BCUT2D eigenvalue weighted by Crippen LogP contribution is -2.30. The molecule has 2 aromatic rings. The molecule has 1 saturated heterocycles. The van der Waals surface area contributed by atoms with Crippen LogP contribution in [0.3, 0.4) is 0 Å². The third kappa shape index (κ3) is 3.83. The van der Waals surface area contributed by atoms with Gasteiger partial charge in [0, 0.05) is 10.6 Å². The van der Waals surface area contributed by atoms with Crippen molar-refractivity contribution >= 4 is 34.9 Å². The van der Waals surface area contributed by atoms with Gasteiger partial charge < -0.3 is 4.74 Å². The number of benzene rings is 2. The molecule has 6 heteroatoms. The van der Waals surface area contributed by atoms with Gasteiger partial charge in [0.25, 0.3) is 0 Å². The average molecular weight is 410 g/mol. The number of Topliss-reactive ketones (excluding diaryl/α,β-unsaturated/α-hetero) is 1. The van der Waals surface area contributed by atoms with Crippen molar-refractivity contribution in [3.63, 3.8) is 0 Å². The van der Waals surface area contributed by atoms with Crippen LogP contribution in [0.5, 0.6) is 5.75 Å². The first kappa shape index (κ1) is 19.4. The molecule has 2 aliphatic rings. The number of hydrogen-bond donors (Lipinski definition) is 0. The summed E-state index contributed by atoms with van der Waals surface area (Å²) in [6, 6.07) is 13.3. The summed E-state index contributed by atoms with van der Waals surface area (Å²) in [5, 5.41) is 0.565. The van der Waals surface area contributed by atoms with Crippen LogP contribution in [-0.4, -0.2) is 24.2 Å². The highest BCUT2D eigenvalue weighted by Gasteiger charge is 2.48. The minimum Gasteiger partial charge on any atom is -0.485 e. The summed E-state index contributed by atoms with van der Waals surface area (Å²) in [6.07, 6.45) is 3.30. The zero-order valence-corrected chi connectivity index (χ0v) is 16.7. The van der Waals surface area contributed by atoms with E-state index in [0.29, 0.717) is 34.9 Å². The molecule has 2 atom stereocenters. The van der Waals surface area contributed by atoms with Crippen molar-refractivity contribution in [3.8, 4) is 5.75 Å². The summed E-state index contributed by atoms with van der Waals surface area (Å²) in [6.45, 7) is 1.88. The number of imide groups is 1. The summed E-state index contributed by atoms with van der Waals surface area (Å²) in [7, 11) is 0. The number of halogens is 1. The second-order valence-corrected chi connectivity index (χ2v) is 7.86. The van der Waals surface area contributed by atoms with Crippen LogP contribution in [0.4, 0.5) is 5.69 Å². The van der Waals surface area contributed by atoms with Gasteiger partial charge >= 0.3 is 0 Å². The van der Waals surface area contributed by atoms with E-state index in [9.17, 15) is 14.4 Å². The molecule has 1 heterocycles. The number of ether oxygens (including phenoxy) is 1. The van der Waals surface area contributed by atoms with Crippen LogP contribution in [0.25, 0.3) is 0 Å². The maximum absolute atomic E-state index is 12.8. The van der Waals surface area contributed by atoms with Crippen LogP contribution in [0, 0.1) is 11.8 Å². The van der Waals surface area contributed by atoms with Crippen LogP contribution in [0.2, 0.25) is 5.02 Å². The van der Waals surface area contributed by atoms with Gasteiger partial charge in [-0.1, -0.05) is 23.3 Å². The molecule has 0 spiro atoms. The molecule has 1 fully saturated rings. The number of rotatable bonds is 5. The molecular weight excluding hydrogens is 390 g/mol. The number of anilines is 1. The van der Waals surface area contributed by atoms with Crippen molar-refractivity contribution < 1.29 is 19.1 Å². The van der Waals surface area contributed by atoms with E-state index in [4.69, 9.17) is 16.3 Å². The fraction of sp³-hybridized carbons (Fsp3) is 0.261. The number of nitrogens with zero attached hydrogens (tertiary/aromatic N) is 1. The van der Waals surface area contributed by atoms with Gasteiger partial charge in [-0.15, -0.1) is 0 Å². The largest absolute Gasteiger partial charge is 0.485 e. The molecule has 0 saturated carbocycles. The van der Waals surface area contributed by atoms with Crippen molar-refractivity contribution in [1.29, 1.82) is 0 Å². The fourth-order valence-corrected chi connectivity index (χ4v) is 3.98. The molecule has 0 aromatic heterocycles. The number of carbonyl (C=O) groups is 3. The van der Waals surface area contributed by atoms with Crippen molar-refractivity contribution in [2.75, 3.05) is 11.5 Å². The van der Waals surface area contributed by atoms with E-state index in [1.54, 1.807) is 48.5 Å². The zero-order valence-electron chi connectivity index (χ0n) is 15.9. The summed E-state index contributed by atoms with van der Waals surface area (Å²) < 4.78 is 5.55. The molecule has 0 N–H and O–H groups in total. The third-order valence-corrected chi connectivity index (χ3v) is 5.71. The molecule has 4 rings (SSSR count). The number of allylic oxidation sites excluding steroid dienone is 2. The summed E-state index contributed by atoms with van der Waals surface area (Å²) in [5.74, 6) is -0.485. The normalized spacial score (nSPS) is 21.0. The zero-order chi connectivity index (χ0) is 20.5. The van der Waals surface area contributed by atoms with Gasteiger partial charge in [-0.25, -0.2) is 0 Å². The van der Waals surface area contributed by atoms with Crippen LogP contribution < -0.4 is 9.64 Å². The van der Waals surface area contributed by atoms with E-state index in [-0.39, 0.29) is 36.0 Å². The molecule has 2 aromatic carbocycles. The molecule has 1 aliphatic carbocycles. The first-order valence-corrected chi connectivity index (χ1v) is 9.87. The molecule has 5 nitrogen and oxygen atoms in total. The summed E-state index contributed by atoms with van der Waals surface area (Å²) >= 11 is 5.83. The Balaban J connectivity index is 1.42. The third-order valence-electron chi connectivity index (χ3n) is 5.45. The first-order valence-electron chi connectivity index (χ1n) is 9.49. The van der Waals surface area contributed by atoms with Crippen molar-refractivity contribution in [1.82, 2.24) is 0 Å². The Morgan fingerprint density at radius 3 is 2.38 bits per heavy atom. The molecule has 148 valence electrons. The first-order chi connectivity index (χ1) is 13.9. The fourth-order valence-electron chi connectivity index (χ4n) is 3.85. The molecule has 1 aliphatic heterocycles. The van der Waals surface area contributed by atoms with E-state index in [1.807, 2.05) is 13.0 Å². The van der Waals surface area contributed by atoms with Gasteiger partial charge in [-0.3, -0.25) is 19.3 Å². The lowest BCUT2D eigenvalue weighted by atomic mass is 9.82. The highest BCUT2D eigenvalue weighted by atomic mass is 35.5. The minimum atomic E-state index is -0.265. The Kier molecular flexibility index (Phi) is 5.24. The molecule has 2 amide bonds. The standard InChI is InChI=1S/C23H20ClNO4/c1-14-2-11-19-20(12-14)23(28)25(22(19)27)17-7-9-18(10-8-17)29-13-21(26)15-3-5-16(24)6-4-15/h2-10,19-20H,11-13H2,1H3. The van der Waals surface area contributed by atoms with Crippen LogP contribution >= 0.6 is 11.6 Å². The highest BCUT2D eigenvalue weighted by molar-refractivity contribution is 6.30. The molecule has 29 heavy (non-hydrogen) atoms. The lowest BCUT2D eigenvalue weighted by Gasteiger charge is -2.18. The van der Waals surface area contributed by atoms with Gasteiger partial charge in [0.1, 0.15) is 5.75 Å². The Bertz CT molecular complexity index is 995. The Labute approximate surface area is 173 Å². The van der Waals surface area contributed by atoms with Crippen molar-refractivity contribution in [3.05, 3.63) is 70.8 Å². The summed E-state index contributed by atoms with van der Waals surface area (Å²) in [4.78, 5) is 39.0. The van der Waals surface area contributed by atoms with Gasteiger partial charge in [0.2, 0.25) is 11.8 Å². The second-order valence-electron chi connectivity index (χ2n) is 7.43. The number of fused-ring (bicyclic) bond motifs is 1. The SMILES string of the molecule is CC1=CCC2C(=O)N(c3ccc(OCC(=O)c4ccc(Cl)cc4)cc3)C(=O)C2C1. The van der Waals surface area contributed by atoms with E-state index < -0.39 is 0 Å². The van der Waals surface area contributed by atoms with E-state index in [1.165, 1.54) is 4.90 Å². The quantitative estimate of drug-likeness (QED) is 0.416. The topological polar surface area (TPSA) is 63.7 Å². The van der Waals surface area contributed by atoms with Crippen molar-refractivity contribution in [2.45, 2.75) is 19.8 Å². The van der Waals surface area contributed by atoms with E-state index in [0.717, 1.165) is 5.57 Å². The molecule has 2 unspecified atom stereocenters. The highest BCUT2D eigenvalue weighted by Crippen LogP contribution is 2.39. The minimum absolute atomic E-state index is 0.113. The lowest BCUT2D eigenvalue weighted by molar-refractivity contribution is -0.122. The Morgan fingerprint density at radius 1 is 1.03 bits per heavy atom. The number of carbonyl (C=O) groups excluding carboxylic acids is 3. The van der Waals surface area contributed by atoms with Crippen molar-refractivity contribution in [2.24, 2.45) is 11.8 Å². The van der Waals surface area contributed by atoms with Gasteiger partial charge in [-0.2, -0.15) is 0 Å². The van der Waals surface area contributed by atoms with Crippen LogP contribution in [-0.2, 0) is 9.59 Å². The number of ketones is 1. The second kappa shape index (κ2) is 7.84. The summed E-state index contributed by atoms with van der Waals surface area (Å²) in [5.41, 5.74) is 2.21.